The number of azo groups is 1. The third-order valence-electron chi connectivity index (χ3n) is 4.20. The predicted molar refractivity (Wildman–Crippen MR) is 238 cm³/mol. The van der Waals surface area contributed by atoms with E-state index in [0.717, 1.165) is 13.8 Å². The summed E-state index contributed by atoms with van der Waals surface area (Å²) >= 11 is 0. The van der Waals surface area contributed by atoms with Crippen LogP contribution in [0.5, 0.6) is 0 Å². The Morgan fingerprint density at radius 3 is 1.50 bits per heavy atom. The van der Waals surface area contributed by atoms with Crippen molar-refractivity contribution in [3.05, 3.63) is 36.2 Å². The average molecular weight is 1030 g/mol. The number of hydroxylamine groups is 3. The topological polar surface area (TPSA) is 552 Å². The summed E-state index contributed by atoms with van der Waals surface area (Å²) in [6.45, 7) is 25.5. The van der Waals surface area contributed by atoms with Crippen molar-refractivity contribution >= 4 is 23.8 Å². The van der Waals surface area contributed by atoms with Crippen LogP contribution in [0.2, 0.25) is 0 Å². The predicted octanol–water partition coefficient (Wildman–Crippen LogP) is 2.38. The summed E-state index contributed by atoms with van der Waals surface area (Å²) in [6, 6.07) is -0.680. The molecule has 1 heterocycles. The first-order valence-corrected chi connectivity index (χ1v) is 19.1. The minimum Gasteiger partial charge on any atom is -0.806 e. The summed E-state index contributed by atoms with van der Waals surface area (Å²) in [5.74, 6) is -4.49. The zero-order valence-corrected chi connectivity index (χ0v) is 41.9. The third kappa shape index (κ3) is 78.5. The van der Waals surface area contributed by atoms with E-state index in [-0.39, 0.29) is 103 Å². The fraction of sp³-hybridized carbons (Fsp3) is 0.879. The van der Waals surface area contributed by atoms with Gasteiger partial charge in [-0.25, -0.2) is 5.28 Å². The molecule has 1 aliphatic rings. The van der Waals surface area contributed by atoms with Crippen molar-refractivity contribution in [1.29, 1.82) is 10.8 Å². The molecule has 1 saturated heterocycles. The van der Waals surface area contributed by atoms with Gasteiger partial charge in [0.2, 0.25) is 6.79 Å². The summed E-state index contributed by atoms with van der Waals surface area (Å²) in [4.78, 5) is 58.5. The molecular formula is C33H77N16O21-. The Labute approximate surface area is 407 Å². The highest BCUT2D eigenvalue weighted by atomic mass is 16.9. The summed E-state index contributed by atoms with van der Waals surface area (Å²) < 4.78 is 18.1. The highest BCUT2D eigenvalue weighted by Gasteiger charge is 2.36. The van der Waals surface area contributed by atoms with Gasteiger partial charge in [-0.05, 0) is 101 Å². The Kier molecular flexibility index (Phi) is 67.9. The van der Waals surface area contributed by atoms with Crippen LogP contribution < -0.4 is 10.7 Å². The van der Waals surface area contributed by atoms with Crippen molar-refractivity contribution in [3.63, 3.8) is 0 Å². The highest BCUT2D eigenvalue weighted by molar-refractivity contribution is 5.73. The molecule has 37 nitrogen and oxygen atoms in total. The molecule has 0 aromatic rings. The summed E-state index contributed by atoms with van der Waals surface area (Å²) in [5, 5.41) is 116. The van der Waals surface area contributed by atoms with Crippen LogP contribution >= 0.6 is 0 Å². The standard InChI is InChI=1S/C7H14N2O4.C6H12N3O4.C6H13N3O4.C5H10N3O3.C3H8N2O.C3H8O.C2H3NO2.CH4.N2.2H2O/c1-6(2)8-9(11)4-12-5-13-7(3)10;1-5(2)7-9(11)8-6(3,10)12-4-13-8;1-5(2)7-9(11)8-13-4-12-6(3)10;1-4(2)6-8(11)7(10)5(3)9;1-3(2)4-5-6;1-3(2)4;1-2(4)3-5;;1-2;;/h6H,4-5H2,1-3H3;5H,4H2,1-3H3;5H,4H2,1-3H3,(H,7,8);4H,1-3H3;3H,1-2H3,(H,4,6);3-4H,1-2H3;1H3;1H4;;2*1H2/q;-1;;-1;;;;;;;/p+1. The molecule has 0 aromatic carbocycles. The van der Waals surface area contributed by atoms with Gasteiger partial charge in [-0.1, -0.05) is 12.3 Å². The molecule has 1 rings (SSSR count). The van der Waals surface area contributed by atoms with E-state index < -0.39 is 29.7 Å². The SMILES string of the molecule is C.CC(=O)N([O-])[N+]([O-])=NC(C)C.CC(=O)N=O.CC(=O)OCOC[N+]([O-])=NC(C)C.CC(=O)OCON[N+]([O-])=NC(C)C.CC(C)N=N[O-].CC(C)N=[N+]([O-])N1OCOC1(C)[O-].CC(C)O.N#N.O.[H+].[OH3+]. The lowest BCUT2D eigenvalue weighted by Gasteiger charge is -2.31. The molecule has 37 heteroatoms. The number of hydrogen-bond acceptors (Lipinski definition) is 27. The van der Waals surface area contributed by atoms with E-state index in [4.69, 9.17) is 20.8 Å². The Morgan fingerprint density at radius 1 is 0.814 bits per heavy atom. The lowest BCUT2D eigenvalue weighted by Crippen LogP contribution is -2.55. The average Bonchev–Trinajstić information content (AvgIpc) is 3.54. The minimum absolute atomic E-state index is 0. The Balaban J connectivity index is -0.0000000668. The van der Waals surface area contributed by atoms with Gasteiger partial charge in [-0.15, -0.1) is 10.1 Å². The molecule has 0 aliphatic carbocycles. The second-order valence-electron chi connectivity index (χ2n) is 13.4. The highest BCUT2D eigenvalue weighted by Crippen LogP contribution is 2.18. The number of hydrazine groups is 3. The molecule has 1 aliphatic heterocycles. The van der Waals surface area contributed by atoms with Gasteiger partial charge in [0.05, 0.1) is 16.0 Å². The molecule has 7 N–H and O–H groups in total. The van der Waals surface area contributed by atoms with Gasteiger partial charge in [0, 0.05) is 75.2 Å². The molecule has 0 aromatic heterocycles. The molecule has 1 atom stereocenters. The van der Waals surface area contributed by atoms with Gasteiger partial charge in [0.25, 0.3) is 18.5 Å². The van der Waals surface area contributed by atoms with Gasteiger partial charge in [-0.2, -0.15) is 14.8 Å². The first-order valence-electron chi connectivity index (χ1n) is 19.1. The van der Waals surface area contributed by atoms with Crippen LogP contribution in [0, 0.1) is 46.9 Å². The maximum atomic E-state index is 11.3. The largest absolute Gasteiger partial charge is 1.00 e. The fourth-order valence-electron chi connectivity index (χ4n) is 2.22. The van der Waals surface area contributed by atoms with E-state index in [9.17, 15) is 55.5 Å². The number of aliphatic hydroxyl groups is 1. The summed E-state index contributed by atoms with van der Waals surface area (Å²) in [5.41, 5.74) is 1.90. The Bertz CT molecular complexity index is 1460. The van der Waals surface area contributed by atoms with Crippen molar-refractivity contribution in [2.24, 2.45) is 36.0 Å². The van der Waals surface area contributed by atoms with Crippen molar-refractivity contribution < 1.29 is 90.2 Å². The van der Waals surface area contributed by atoms with E-state index in [0.29, 0.717) is 10.0 Å². The van der Waals surface area contributed by atoms with E-state index in [1.165, 1.54) is 20.8 Å². The first-order chi connectivity index (χ1) is 30.7. The number of rotatable bonds is 15. The number of ether oxygens (including phenoxy) is 4. The van der Waals surface area contributed by atoms with E-state index >= 15 is 0 Å². The maximum Gasteiger partial charge on any atom is 1.00 e. The maximum absolute atomic E-state index is 11.3. The molecule has 70 heavy (non-hydrogen) atoms. The lowest BCUT2D eigenvalue weighted by molar-refractivity contribution is -0.827. The molecule has 2 amide bonds. The van der Waals surface area contributed by atoms with Gasteiger partial charge in [0.15, 0.2) is 19.5 Å². The van der Waals surface area contributed by atoms with Crippen LogP contribution in [0.4, 0.5) is 0 Å². The van der Waals surface area contributed by atoms with E-state index in [1.54, 1.807) is 83.1 Å². The van der Waals surface area contributed by atoms with E-state index in [2.05, 4.69) is 59.5 Å². The number of aliphatic hydroxyl groups excluding tert-OH is 1. The number of carbonyl (C=O) groups excluding carboxylic acids is 4. The Morgan fingerprint density at radius 2 is 1.21 bits per heavy atom. The zero-order chi connectivity index (χ0) is 54.5. The summed E-state index contributed by atoms with van der Waals surface area (Å²) in [6.07, 6.45) is -0.167. The van der Waals surface area contributed by atoms with Gasteiger partial charge in [-0.3, -0.25) is 23.9 Å². The van der Waals surface area contributed by atoms with Crippen molar-refractivity contribution in [2.75, 3.05) is 27.1 Å². The number of esters is 2. The smallest absolute Gasteiger partial charge is 0.806 e. The Hall–Kier alpha value is -6.66. The molecule has 0 bridgehead atoms. The second-order valence-corrected chi connectivity index (χ2v) is 13.4. The molecule has 0 saturated carbocycles. The lowest BCUT2D eigenvalue weighted by atomic mass is 10.4. The van der Waals surface area contributed by atoms with Crippen LogP contribution in [-0.4, -0.2) is 134 Å². The summed E-state index contributed by atoms with van der Waals surface area (Å²) in [7, 11) is 0. The minimum atomic E-state index is -2.00. The molecule has 0 spiro atoms. The number of hydrogen-bond donors (Lipinski definition) is 2. The van der Waals surface area contributed by atoms with Gasteiger partial charge in [0.1, 0.15) is 24.2 Å². The number of nitrogens with zero attached hydrogens (tertiary/aromatic N) is 15. The van der Waals surface area contributed by atoms with Crippen LogP contribution in [0.15, 0.2) is 36.0 Å². The van der Waals surface area contributed by atoms with Crippen molar-refractivity contribution in [2.45, 2.75) is 167 Å². The zero-order valence-electron chi connectivity index (χ0n) is 42.9. The molecular weight excluding hydrogens is 956 g/mol. The number of nitrogens with one attached hydrogen (secondary N) is 1. The normalized spacial score (nSPS) is 13.8. The molecule has 1 fully saturated rings. The van der Waals surface area contributed by atoms with Crippen LogP contribution in [-0.2, 0) is 53.3 Å². The van der Waals surface area contributed by atoms with Gasteiger partial charge >= 0.3 is 13.4 Å². The first kappa shape index (κ1) is 86.5. The van der Waals surface area contributed by atoms with Crippen LogP contribution in [0.25, 0.3) is 0 Å². The molecule has 1 unspecified atom stereocenters. The van der Waals surface area contributed by atoms with Crippen molar-refractivity contribution in [3.8, 4) is 0 Å². The van der Waals surface area contributed by atoms with Crippen LogP contribution in [0.1, 0.15) is 127 Å². The van der Waals surface area contributed by atoms with E-state index in [1.807, 2.05) is 10.8 Å². The van der Waals surface area contributed by atoms with Crippen molar-refractivity contribution in [1.82, 2.24) is 15.9 Å². The monoisotopic (exact) mass is 1030 g/mol. The number of carbonyl (C=O) groups is 4. The fourth-order valence-corrected chi connectivity index (χ4v) is 2.22. The van der Waals surface area contributed by atoms with Crippen LogP contribution in [0.3, 0.4) is 0 Å². The molecule has 0 radical (unpaired) electrons. The second kappa shape index (κ2) is 54.9. The molecule has 416 valence electrons. The quantitative estimate of drug-likeness (QED) is 0.0273. The number of nitroso groups, excluding NO2 is 1. The van der Waals surface area contributed by atoms with Gasteiger partial charge < -0.3 is 66.6 Å². The third-order valence-corrected chi connectivity index (χ3v) is 4.20. The number of amides is 2.